The number of hydrogen-bond acceptors (Lipinski definition) is 3. The van der Waals surface area contributed by atoms with Crippen LogP contribution in [0.25, 0.3) is 6.08 Å². The van der Waals surface area contributed by atoms with E-state index >= 15 is 0 Å². The van der Waals surface area contributed by atoms with Crippen molar-refractivity contribution >= 4 is 29.0 Å². The Morgan fingerprint density at radius 2 is 1.95 bits per heavy atom. The fraction of sp³-hybridized carbons (Fsp3) is 0.167. The van der Waals surface area contributed by atoms with Gasteiger partial charge in [0.1, 0.15) is 0 Å². The zero-order valence-electron chi connectivity index (χ0n) is 9.69. The second-order valence-corrected chi connectivity index (χ2v) is 4.86. The van der Waals surface area contributed by atoms with Crippen LogP contribution in [-0.2, 0) is 11.0 Å². The van der Waals surface area contributed by atoms with E-state index in [2.05, 4.69) is 0 Å². The van der Waals surface area contributed by atoms with Crippen LogP contribution in [0.15, 0.2) is 29.2 Å². The quantitative estimate of drug-likeness (QED) is 0.743. The third-order valence-electron chi connectivity index (χ3n) is 2.50. The molecule has 2 rings (SSSR count). The van der Waals surface area contributed by atoms with Gasteiger partial charge < -0.3 is 0 Å². The lowest BCUT2D eigenvalue weighted by atomic mass is 10.1. The van der Waals surface area contributed by atoms with Gasteiger partial charge in [0, 0.05) is 7.05 Å². The number of rotatable bonds is 1. The molecule has 0 spiro atoms. The second kappa shape index (κ2) is 4.73. The van der Waals surface area contributed by atoms with Crippen LogP contribution in [0, 0.1) is 0 Å². The summed E-state index contributed by atoms with van der Waals surface area (Å²) >= 11 is 0.707. The highest BCUT2D eigenvalue weighted by Gasteiger charge is 2.33. The summed E-state index contributed by atoms with van der Waals surface area (Å²) in [5.41, 5.74) is -0.564. The third-order valence-corrected chi connectivity index (χ3v) is 3.46. The first-order valence-electron chi connectivity index (χ1n) is 5.18. The maximum absolute atomic E-state index is 12.5. The van der Waals surface area contributed by atoms with Crippen LogP contribution in [-0.4, -0.2) is 23.1 Å². The molecular weight excluding hydrogens is 279 g/mol. The lowest BCUT2D eigenvalue weighted by Crippen LogP contribution is -2.22. The van der Waals surface area contributed by atoms with E-state index in [1.54, 1.807) is 0 Å². The van der Waals surface area contributed by atoms with Gasteiger partial charge in [-0.25, -0.2) is 0 Å². The van der Waals surface area contributed by atoms with Gasteiger partial charge in [-0.1, -0.05) is 12.1 Å². The van der Waals surface area contributed by atoms with Gasteiger partial charge in [-0.15, -0.1) is 0 Å². The lowest BCUT2D eigenvalue weighted by molar-refractivity contribution is -0.137. The Hall–Kier alpha value is -1.76. The van der Waals surface area contributed by atoms with Gasteiger partial charge in [0.2, 0.25) is 0 Å². The Kier molecular flexibility index (Phi) is 3.40. The van der Waals surface area contributed by atoms with E-state index in [-0.39, 0.29) is 10.5 Å². The molecule has 1 heterocycles. The molecule has 1 aliphatic rings. The molecule has 1 aromatic rings. The molecule has 0 N–H and O–H groups in total. The van der Waals surface area contributed by atoms with Crippen molar-refractivity contribution in [3.8, 4) is 0 Å². The fourth-order valence-electron chi connectivity index (χ4n) is 1.50. The molecule has 0 aliphatic carbocycles. The molecule has 0 bridgehead atoms. The number of benzene rings is 1. The zero-order valence-corrected chi connectivity index (χ0v) is 10.5. The number of likely N-dealkylation sites (N-methyl/N-ethyl adjacent to an activating group) is 1. The second-order valence-electron chi connectivity index (χ2n) is 3.86. The SMILES string of the molecule is CN1C(=O)S/C(=C\c2cccc(C(F)(F)F)c2)C1=O. The van der Waals surface area contributed by atoms with Crippen molar-refractivity contribution in [1.82, 2.24) is 4.90 Å². The number of hydrogen-bond donors (Lipinski definition) is 0. The molecule has 1 fully saturated rings. The van der Waals surface area contributed by atoms with Gasteiger partial charge in [0.05, 0.1) is 10.5 Å². The summed E-state index contributed by atoms with van der Waals surface area (Å²) in [5, 5.41) is -0.441. The summed E-state index contributed by atoms with van der Waals surface area (Å²) in [6.45, 7) is 0. The first-order valence-corrected chi connectivity index (χ1v) is 5.99. The molecular formula is C12H8F3NO2S. The molecule has 2 amide bonds. The Bertz CT molecular complexity index is 581. The molecule has 7 heteroatoms. The number of halogens is 3. The average molecular weight is 287 g/mol. The Labute approximate surface area is 111 Å². The summed E-state index contributed by atoms with van der Waals surface area (Å²) in [6.07, 6.45) is -3.16. The molecule has 0 unspecified atom stereocenters. The van der Waals surface area contributed by atoms with Crippen LogP contribution in [0.3, 0.4) is 0 Å². The molecule has 1 saturated heterocycles. The van der Waals surface area contributed by atoms with Crippen molar-refractivity contribution in [2.24, 2.45) is 0 Å². The Balaban J connectivity index is 2.34. The standard InChI is InChI=1S/C12H8F3NO2S/c1-16-10(17)9(19-11(16)18)6-7-3-2-4-8(5-7)12(13,14)15/h2-6H,1H3/b9-6-. The van der Waals surface area contributed by atoms with Crippen LogP contribution >= 0.6 is 11.8 Å². The van der Waals surface area contributed by atoms with Crippen molar-refractivity contribution in [1.29, 1.82) is 0 Å². The summed E-state index contributed by atoms with van der Waals surface area (Å²) in [4.78, 5) is 23.9. The lowest BCUT2D eigenvalue weighted by Gasteiger charge is -2.07. The molecule has 19 heavy (non-hydrogen) atoms. The van der Waals surface area contributed by atoms with Crippen molar-refractivity contribution in [2.45, 2.75) is 6.18 Å². The molecule has 0 aromatic heterocycles. The maximum Gasteiger partial charge on any atom is 0.416 e. The third kappa shape index (κ3) is 2.81. The largest absolute Gasteiger partial charge is 0.416 e. The minimum atomic E-state index is -4.44. The molecule has 0 radical (unpaired) electrons. The normalized spacial score (nSPS) is 18.5. The highest BCUT2D eigenvalue weighted by atomic mass is 32.2. The van der Waals surface area contributed by atoms with E-state index in [9.17, 15) is 22.8 Å². The van der Waals surface area contributed by atoms with Crippen LogP contribution in [0.2, 0.25) is 0 Å². The molecule has 3 nitrogen and oxygen atoms in total. The van der Waals surface area contributed by atoms with Gasteiger partial charge in [-0.2, -0.15) is 13.2 Å². The molecule has 1 aromatic carbocycles. The molecule has 0 saturated carbocycles. The number of thioether (sulfide) groups is 1. The molecule has 1 aliphatic heterocycles. The molecule has 100 valence electrons. The van der Waals surface area contributed by atoms with Gasteiger partial charge >= 0.3 is 6.18 Å². The Morgan fingerprint density at radius 3 is 2.47 bits per heavy atom. The van der Waals surface area contributed by atoms with Crippen molar-refractivity contribution in [3.05, 3.63) is 40.3 Å². The van der Waals surface area contributed by atoms with Gasteiger partial charge in [-0.05, 0) is 35.5 Å². The number of carbonyl (C=O) groups is 2. The smallest absolute Gasteiger partial charge is 0.272 e. The van der Waals surface area contributed by atoms with E-state index in [0.29, 0.717) is 11.8 Å². The summed E-state index contributed by atoms with van der Waals surface area (Å²) in [7, 11) is 1.32. The van der Waals surface area contributed by atoms with Crippen molar-refractivity contribution < 1.29 is 22.8 Å². The summed E-state index contributed by atoms with van der Waals surface area (Å²) in [6, 6.07) is 4.58. The van der Waals surface area contributed by atoms with E-state index < -0.39 is 22.9 Å². The first kappa shape index (κ1) is 13.7. The minimum Gasteiger partial charge on any atom is -0.272 e. The predicted octanol–water partition coefficient (Wildman–Crippen LogP) is 3.37. The highest BCUT2D eigenvalue weighted by Crippen LogP contribution is 2.33. The van der Waals surface area contributed by atoms with E-state index in [0.717, 1.165) is 17.0 Å². The van der Waals surface area contributed by atoms with E-state index in [4.69, 9.17) is 0 Å². The molecule has 0 atom stereocenters. The van der Waals surface area contributed by atoms with Gasteiger partial charge in [-0.3, -0.25) is 14.5 Å². The fourth-order valence-corrected chi connectivity index (χ4v) is 2.33. The minimum absolute atomic E-state index is 0.117. The van der Waals surface area contributed by atoms with Crippen LogP contribution < -0.4 is 0 Å². The Morgan fingerprint density at radius 1 is 1.26 bits per heavy atom. The number of alkyl halides is 3. The highest BCUT2D eigenvalue weighted by molar-refractivity contribution is 8.18. The first-order chi connectivity index (χ1) is 8.79. The van der Waals surface area contributed by atoms with Gasteiger partial charge in [0.25, 0.3) is 11.1 Å². The summed E-state index contributed by atoms with van der Waals surface area (Å²) < 4.78 is 37.6. The maximum atomic E-state index is 12.5. The van der Waals surface area contributed by atoms with Crippen LogP contribution in [0.4, 0.5) is 18.0 Å². The topological polar surface area (TPSA) is 37.4 Å². The number of carbonyl (C=O) groups excluding carboxylic acids is 2. The average Bonchev–Trinajstić information content (AvgIpc) is 2.56. The van der Waals surface area contributed by atoms with Crippen molar-refractivity contribution in [3.63, 3.8) is 0 Å². The summed E-state index contributed by atoms with van der Waals surface area (Å²) in [5.74, 6) is -0.507. The number of imide groups is 1. The van der Waals surface area contributed by atoms with Crippen molar-refractivity contribution in [2.75, 3.05) is 7.05 Å². The zero-order chi connectivity index (χ0) is 14.2. The van der Waals surface area contributed by atoms with Gasteiger partial charge in [0.15, 0.2) is 0 Å². The monoisotopic (exact) mass is 287 g/mol. The van der Waals surface area contributed by atoms with E-state index in [1.165, 1.54) is 25.3 Å². The predicted molar refractivity (Wildman–Crippen MR) is 65.2 cm³/mol. The van der Waals surface area contributed by atoms with Crippen LogP contribution in [0.5, 0.6) is 0 Å². The van der Waals surface area contributed by atoms with E-state index in [1.807, 2.05) is 0 Å². The number of nitrogens with zero attached hydrogens (tertiary/aromatic N) is 1. The number of amides is 2. The van der Waals surface area contributed by atoms with Crippen LogP contribution in [0.1, 0.15) is 11.1 Å².